The fraction of sp³-hybridized carbons (Fsp3) is 0.120. The molecule has 1 N–H and O–H groups in total. The molecule has 1 aromatic heterocycles. The smallest absolute Gasteiger partial charge is 0.203 e. The molecule has 5 heteroatoms. The lowest BCUT2D eigenvalue weighted by molar-refractivity contribution is 0.306. The topological polar surface area (TPSA) is 46.5 Å². The number of hydrogen-bond acceptors (Lipinski definition) is 5. The van der Waals surface area contributed by atoms with E-state index in [1.807, 2.05) is 29.6 Å². The van der Waals surface area contributed by atoms with Crippen LogP contribution in [0.25, 0.3) is 11.3 Å². The summed E-state index contributed by atoms with van der Waals surface area (Å²) >= 11 is 1.53. The van der Waals surface area contributed by atoms with Crippen LogP contribution in [0.4, 0.5) is 5.13 Å². The van der Waals surface area contributed by atoms with Crippen LogP contribution in [0.15, 0.2) is 83.3 Å². The molecule has 0 amide bonds. The fourth-order valence-corrected chi connectivity index (χ4v) is 3.57. The molecule has 4 rings (SSSR count). The van der Waals surface area contributed by atoms with Crippen LogP contribution >= 0.6 is 11.3 Å². The Kier molecular flexibility index (Phi) is 6.20. The molecule has 0 aliphatic carbocycles. The van der Waals surface area contributed by atoms with Gasteiger partial charge in [0.25, 0.3) is 0 Å². The summed E-state index contributed by atoms with van der Waals surface area (Å²) in [4.78, 5) is 4.61. The van der Waals surface area contributed by atoms with Crippen molar-refractivity contribution in [3.63, 3.8) is 0 Å². The monoisotopic (exact) mass is 413 g/mol. The van der Waals surface area contributed by atoms with Gasteiger partial charge in [0.1, 0.15) is 12.4 Å². The molecule has 4 nitrogen and oxygen atoms in total. The summed E-state index contributed by atoms with van der Waals surface area (Å²) in [5.41, 5.74) is 9.59. The maximum Gasteiger partial charge on any atom is 0.203 e. The highest BCUT2D eigenvalue weighted by molar-refractivity contribution is 7.14. The number of hydrogen-bond donors (Lipinski definition) is 1. The Morgan fingerprint density at radius 3 is 2.40 bits per heavy atom. The van der Waals surface area contributed by atoms with E-state index >= 15 is 0 Å². The summed E-state index contributed by atoms with van der Waals surface area (Å²) in [7, 11) is 0. The van der Waals surface area contributed by atoms with E-state index in [2.05, 4.69) is 77.9 Å². The van der Waals surface area contributed by atoms with Crippen LogP contribution in [0.1, 0.15) is 22.3 Å². The summed E-state index contributed by atoms with van der Waals surface area (Å²) < 4.78 is 6.01. The molecule has 0 aliphatic rings. The van der Waals surface area contributed by atoms with Crippen molar-refractivity contribution in [2.45, 2.75) is 20.5 Å². The average molecular weight is 414 g/mol. The Morgan fingerprint density at radius 2 is 1.63 bits per heavy atom. The number of nitrogens with zero attached hydrogens (tertiary/aromatic N) is 2. The van der Waals surface area contributed by atoms with Gasteiger partial charge >= 0.3 is 0 Å². The second-order valence-corrected chi connectivity index (χ2v) is 7.94. The first kappa shape index (κ1) is 19.9. The zero-order valence-electron chi connectivity index (χ0n) is 17.0. The van der Waals surface area contributed by atoms with Crippen LogP contribution in [0.3, 0.4) is 0 Å². The van der Waals surface area contributed by atoms with Crippen LogP contribution in [-0.4, -0.2) is 11.2 Å². The quantitative estimate of drug-likeness (QED) is 0.280. The van der Waals surface area contributed by atoms with Gasteiger partial charge in [0.15, 0.2) is 0 Å². The molecule has 0 atom stereocenters. The van der Waals surface area contributed by atoms with Crippen molar-refractivity contribution < 1.29 is 4.74 Å². The van der Waals surface area contributed by atoms with Crippen LogP contribution < -0.4 is 10.2 Å². The lowest BCUT2D eigenvalue weighted by Crippen LogP contribution is -1.99. The van der Waals surface area contributed by atoms with E-state index in [9.17, 15) is 0 Å². The first-order valence-electron chi connectivity index (χ1n) is 9.76. The van der Waals surface area contributed by atoms with Gasteiger partial charge in [-0.25, -0.2) is 4.98 Å². The molecule has 0 bridgehead atoms. The molecule has 3 aromatic carbocycles. The maximum atomic E-state index is 6.01. The first-order chi connectivity index (χ1) is 14.7. The second kappa shape index (κ2) is 9.37. The maximum absolute atomic E-state index is 6.01. The number of benzene rings is 3. The number of aryl methyl sites for hydroxylation is 2. The van der Waals surface area contributed by atoms with Crippen molar-refractivity contribution >= 4 is 22.7 Å². The molecule has 1 heterocycles. The molecule has 0 unspecified atom stereocenters. The van der Waals surface area contributed by atoms with Crippen LogP contribution in [0.2, 0.25) is 0 Å². The van der Waals surface area contributed by atoms with Crippen molar-refractivity contribution in [3.8, 4) is 17.0 Å². The molecule has 4 aromatic rings. The Bertz CT molecular complexity index is 1130. The summed E-state index contributed by atoms with van der Waals surface area (Å²) in [5.74, 6) is 0.795. The second-order valence-electron chi connectivity index (χ2n) is 7.09. The molecular weight excluding hydrogens is 390 g/mol. The Morgan fingerprint density at radius 1 is 0.933 bits per heavy atom. The van der Waals surface area contributed by atoms with E-state index in [-0.39, 0.29) is 0 Å². The van der Waals surface area contributed by atoms with Gasteiger partial charge in [-0.3, -0.25) is 5.43 Å². The molecule has 0 radical (unpaired) electrons. The SMILES string of the molecule is Cc1ccc(COc2ccccc2/C=N\Nc2nc(-c3ccc(C)cc3)cs2)cc1. The largest absolute Gasteiger partial charge is 0.488 e. The minimum atomic E-state index is 0.519. The van der Waals surface area contributed by atoms with E-state index in [4.69, 9.17) is 4.74 Å². The highest BCUT2D eigenvalue weighted by Gasteiger charge is 2.05. The summed E-state index contributed by atoms with van der Waals surface area (Å²) in [5, 5.41) is 7.13. The zero-order chi connectivity index (χ0) is 20.8. The lowest BCUT2D eigenvalue weighted by atomic mass is 10.1. The Balaban J connectivity index is 1.40. The molecule has 0 saturated heterocycles. The number of para-hydroxylation sites is 1. The Labute approximate surface area is 180 Å². The summed E-state index contributed by atoms with van der Waals surface area (Å²) in [6, 6.07) is 24.6. The van der Waals surface area contributed by atoms with Gasteiger partial charge in [-0.05, 0) is 31.5 Å². The highest BCUT2D eigenvalue weighted by atomic mass is 32.1. The van der Waals surface area contributed by atoms with Crippen molar-refractivity contribution in [1.82, 2.24) is 4.98 Å². The van der Waals surface area contributed by atoms with Crippen molar-refractivity contribution in [1.29, 1.82) is 0 Å². The first-order valence-corrected chi connectivity index (χ1v) is 10.6. The van der Waals surface area contributed by atoms with Crippen molar-refractivity contribution in [2.75, 3.05) is 5.43 Å². The van der Waals surface area contributed by atoms with Crippen molar-refractivity contribution in [2.24, 2.45) is 5.10 Å². The number of thiazole rings is 1. The molecule has 0 saturated carbocycles. The lowest BCUT2D eigenvalue weighted by Gasteiger charge is -2.09. The molecule has 0 spiro atoms. The van der Waals surface area contributed by atoms with Crippen LogP contribution in [-0.2, 0) is 6.61 Å². The van der Waals surface area contributed by atoms with Crippen molar-refractivity contribution in [3.05, 3.63) is 100 Å². The average Bonchev–Trinajstić information content (AvgIpc) is 3.23. The van der Waals surface area contributed by atoms with E-state index in [1.54, 1.807) is 6.21 Å². The molecule has 30 heavy (non-hydrogen) atoms. The van der Waals surface area contributed by atoms with Gasteiger partial charge < -0.3 is 4.74 Å². The third kappa shape index (κ3) is 5.13. The standard InChI is InChI=1S/C25H23N3OS/c1-18-7-11-20(12-8-18)16-29-24-6-4-3-5-22(24)15-26-28-25-27-23(17-30-25)21-13-9-19(2)10-14-21/h3-15,17H,16H2,1-2H3,(H,27,28)/b26-15-. The van der Waals surface area contributed by atoms with Gasteiger partial charge in [-0.1, -0.05) is 71.8 Å². The predicted octanol–water partition coefficient (Wildman–Crippen LogP) is 6.45. The van der Waals surface area contributed by atoms with Crippen LogP contribution in [0.5, 0.6) is 5.75 Å². The number of nitrogens with one attached hydrogen (secondary N) is 1. The Hall–Kier alpha value is -3.44. The zero-order valence-corrected chi connectivity index (χ0v) is 17.8. The molecule has 0 fully saturated rings. The number of anilines is 1. The van der Waals surface area contributed by atoms with E-state index in [1.165, 1.54) is 22.5 Å². The van der Waals surface area contributed by atoms with E-state index in [0.29, 0.717) is 6.61 Å². The van der Waals surface area contributed by atoms with Gasteiger partial charge in [0.2, 0.25) is 5.13 Å². The summed E-state index contributed by atoms with van der Waals surface area (Å²) in [6.45, 7) is 4.68. The van der Waals surface area contributed by atoms with Gasteiger partial charge in [-0.2, -0.15) is 5.10 Å². The third-order valence-electron chi connectivity index (χ3n) is 4.65. The predicted molar refractivity (Wildman–Crippen MR) is 125 cm³/mol. The molecule has 150 valence electrons. The highest BCUT2D eigenvalue weighted by Crippen LogP contribution is 2.25. The number of hydrazone groups is 1. The normalized spacial score (nSPS) is 11.0. The molecule has 0 aliphatic heterocycles. The number of rotatable bonds is 7. The summed E-state index contributed by atoms with van der Waals surface area (Å²) in [6.07, 6.45) is 1.76. The fourth-order valence-electron chi connectivity index (χ4n) is 2.90. The van der Waals surface area contributed by atoms with Gasteiger partial charge in [0, 0.05) is 16.5 Å². The minimum absolute atomic E-state index is 0.519. The number of ether oxygens (including phenoxy) is 1. The number of aromatic nitrogens is 1. The third-order valence-corrected chi connectivity index (χ3v) is 5.40. The van der Waals surface area contributed by atoms with Crippen LogP contribution in [0, 0.1) is 13.8 Å². The van der Waals surface area contributed by atoms with E-state index < -0.39 is 0 Å². The van der Waals surface area contributed by atoms with Gasteiger partial charge in [-0.15, -0.1) is 11.3 Å². The van der Waals surface area contributed by atoms with E-state index in [0.717, 1.165) is 33.3 Å². The molecular formula is C25H23N3OS. The van der Waals surface area contributed by atoms with Gasteiger partial charge in [0.05, 0.1) is 11.9 Å². The minimum Gasteiger partial charge on any atom is -0.488 e.